The lowest BCUT2D eigenvalue weighted by atomic mass is 9.93. The van der Waals surface area contributed by atoms with Gasteiger partial charge in [0.15, 0.2) is 0 Å². The summed E-state index contributed by atoms with van der Waals surface area (Å²) in [7, 11) is 1.00. The second kappa shape index (κ2) is 11.0. The Hall–Kier alpha value is -2.12. The Balaban J connectivity index is 0.00000132. The molecule has 1 saturated heterocycles. The van der Waals surface area contributed by atoms with Gasteiger partial charge in [0.25, 0.3) is 0 Å². The molecule has 4 rings (SSSR count). The van der Waals surface area contributed by atoms with E-state index < -0.39 is 18.9 Å². The van der Waals surface area contributed by atoms with E-state index in [2.05, 4.69) is 31.2 Å². The fourth-order valence-corrected chi connectivity index (χ4v) is 4.85. The van der Waals surface area contributed by atoms with Gasteiger partial charge in [-0.2, -0.15) is 0 Å². The van der Waals surface area contributed by atoms with Crippen molar-refractivity contribution in [1.82, 2.24) is 0 Å². The molecular weight excluding hydrogens is 418 g/mol. The van der Waals surface area contributed by atoms with Crippen LogP contribution in [0.25, 0.3) is 10.4 Å². The van der Waals surface area contributed by atoms with Crippen molar-refractivity contribution in [3.8, 4) is 10.4 Å². The van der Waals surface area contributed by atoms with Crippen LogP contribution in [-0.4, -0.2) is 36.2 Å². The molecule has 0 bridgehead atoms. The van der Waals surface area contributed by atoms with Crippen LogP contribution in [0.3, 0.4) is 0 Å². The molecule has 1 aliphatic heterocycles. The molecule has 2 N–H and O–H groups in total. The monoisotopic (exact) mass is 446 g/mol. The molecule has 1 aromatic heterocycles. The molecule has 0 amide bonds. The van der Waals surface area contributed by atoms with Crippen molar-refractivity contribution >= 4 is 11.3 Å². The van der Waals surface area contributed by atoms with Crippen molar-refractivity contribution in [3.05, 3.63) is 82.0 Å². The molecule has 0 radical (unpaired) electrons. The number of aliphatic hydroxyl groups is 2. The molecule has 3 unspecified atom stereocenters. The van der Waals surface area contributed by atoms with Crippen LogP contribution >= 0.6 is 11.3 Å². The lowest BCUT2D eigenvalue weighted by Gasteiger charge is -2.32. The minimum atomic E-state index is -0.576. The maximum Gasteiger partial charge on any atom is 0.123 e. The summed E-state index contributed by atoms with van der Waals surface area (Å²) in [6.07, 6.45) is 0.281. The van der Waals surface area contributed by atoms with Crippen LogP contribution in [0.2, 0.25) is 0 Å². The first-order valence-electron chi connectivity index (χ1n) is 10.3. The first-order valence-corrected chi connectivity index (χ1v) is 11.1. The molecule has 1 fully saturated rings. The van der Waals surface area contributed by atoms with Crippen molar-refractivity contribution in [1.29, 1.82) is 0 Å². The molecule has 166 valence electrons. The van der Waals surface area contributed by atoms with E-state index in [1.54, 1.807) is 23.5 Å². The predicted octanol–water partition coefficient (Wildman–Crippen LogP) is 5.61. The van der Waals surface area contributed by atoms with Crippen LogP contribution in [-0.2, 0) is 11.2 Å². The first-order chi connectivity index (χ1) is 15.0. The molecule has 0 spiro atoms. The highest BCUT2D eigenvalue weighted by atomic mass is 32.1. The summed E-state index contributed by atoms with van der Waals surface area (Å²) in [5.41, 5.74) is 4.37. The van der Waals surface area contributed by atoms with Crippen molar-refractivity contribution in [2.45, 2.75) is 44.5 Å². The van der Waals surface area contributed by atoms with Crippen LogP contribution in [0.15, 0.2) is 54.6 Å². The number of aliphatic hydroxyl groups excluding tert-OH is 2. The number of aryl methyl sites for hydroxylation is 1. The van der Waals surface area contributed by atoms with Crippen LogP contribution in [0, 0.1) is 12.7 Å². The Morgan fingerprint density at radius 3 is 2.48 bits per heavy atom. The number of thiophene rings is 1. The van der Waals surface area contributed by atoms with Crippen LogP contribution < -0.4 is 0 Å². The SMILES string of the molecule is CO.Cc1ccc(C2CC(O)CC(CF)O2)cc1Cc1ccc(-c2ccc(F)cc2)s1. The van der Waals surface area contributed by atoms with E-state index in [1.165, 1.54) is 28.1 Å². The summed E-state index contributed by atoms with van der Waals surface area (Å²) in [5.74, 6) is -0.233. The van der Waals surface area contributed by atoms with Gasteiger partial charge in [-0.15, -0.1) is 11.3 Å². The van der Waals surface area contributed by atoms with Gasteiger partial charge >= 0.3 is 0 Å². The van der Waals surface area contributed by atoms with Crippen LogP contribution in [0.1, 0.15) is 40.5 Å². The second-order valence-electron chi connectivity index (χ2n) is 7.66. The second-order valence-corrected chi connectivity index (χ2v) is 8.83. The minimum Gasteiger partial charge on any atom is -0.400 e. The minimum absolute atomic E-state index is 0.233. The van der Waals surface area contributed by atoms with Crippen LogP contribution in [0.4, 0.5) is 8.78 Å². The first kappa shape index (κ1) is 23.5. The number of benzene rings is 2. The molecule has 0 aliphatic carbocycles. The molecular formula is C25H28F2O3S. The highest BCUT2D eigenvalue weighted by Crippen LogP contribution is 2.34. The van der Waals surface area contributed by atoms with Gasteiger partial charge < -0.3 is 14.9 Å². The Kier molecular flexibility index (Phi) is 8.32. The molecule has 6 heteroatoms. The Morgan fingerprint density at radius 1 is 1.03 bits per heavy atom. The number of hydrogen-bond donors (Lipinski definition) is 2. The number of halogens is 2. The van der Waals surface area contributed by atoms with Gasteiger partial charge in [0.1, 0.15) is 12.5 Å². The fourth-order valence-electron chi connectivity index (χ4n) is 3.82. The van der Waals surface area contributed by atoms with Crippen molar-refractivity contribution < 1.29 is 23.7 Å². The van der Waals surface area contributed by atoms with E-state index in [-0.39, 0.29) is 11.9 Å². The van der Waals surface area contributed by atoms with Gasteiger partial charge in [-0.1, -0.05) is 30.3 Å². The normalized spacial score (nSPS) is 20.8. The van der Waals surface area contributed by atoms with Crippen molar-refractivity contribution in [2.75, 3.05) is 13.8 Å². The van der Waals surface area contributed by atoms with Gasteiger partial charge in [-0.3, -0.25) is 0 Å². The van der Waals surface area contributed by atoms with E-state index in [9.17, 15) is 13.9 Å². The summed E-state index contributed by atoms with van der Waals surface area (Å²) in [4.78, 5) is 2.33. The standard InChI is InChI=1S/C24H24F2O2S.CH4O/c1-15-2-3-17(23-13-20(27)12-21(14-25)28-23)10-18(15)11-22-8-9-24(29-22)16-4-6-19(26)7-5-16;1-2/h2-10,20-21,23,27H,11-14H2,1H3;2H,1H3. The average molecular weight is 447 g/mol. The van der Waals surface area contributed by atoms with Crippen molar-refractivity contribution in [2.24, 2.45) is 0 Å². The van der Waals surface area contributed by atoms with E-state index in [4.69, 9.17) is 9.84 Å². The summed E-state index contributed by atoms with van der Waals surface area (Å²) < 4.78 is 32.1. The van der Waals surface area contributed by atoms with Crippen molar-refractivity contribution in [3.63, 3.8) is 0 Å². The predicted molar refractivity (Wildman–Crippen MR) is 121 cm³/mol. The maximum atomic E-state index is 13.2. The Bertz CT molecular complexity index is 971. The average Bonchev–Trinajstić information content (AvgIpc) is 3.25. The molecule has 0 saturated carbocycles. The fraction of sp³-hybridized carbons (Fsp3) is 0.360. The number of rotatable bonds is 5. The van der Waals surface area contributed by atoms with Crippen LogP contribution in [0.5, 0.6) is 0 Å². The van der Waals surface area contributed by atoms with E-state index in [1.807, 2.05) is 6.07 Å². The third-order valence-corrected chi connectivity index (χ3v) is 6.58. The van der Waals surface area contributed by atoms with Gasteiger partial charge in [-0.05, 0) is 53.4 Å². The van der Waals surface area contributed by atoms with Gasteiger partial charge in [-0.25, -0.2) is 8.78 Å². The molecule has 31 heavy (non-hydrogen) atoms. The summed E-state index contributed by atoms with van der Waals surface area (Å²) in [6.45, 7) is 1.50. The summed E-state index contributed by atoms with van der Waals surface area (Å²) in [5, 5.41) is 17.1. The topological polar surface area (TPSA) is 49.7 Å². The highest BCUT2D eigenvalue weighted by molar-refractivity contribution is 7.15. The summed E-state index contributed by atoms with van der Waals surface area (Å²) >= 11 is 1.70. The van der Waals surface area contributed by atoms with Gasteiger partial charge in [0.05, 0.1) is 18.3 Å². The van der Waals surface area contributed by atoms with Gasteiger partial charge in [0.2, 0.25) is 0 Å². The molecule has 2 heterocycles. The quantitative estimate of drug-likeness (QED) is 0.535. The zero-order valence-electron chi connectivity index (χ0n) is 17.7. The third-order valence-electron chi connectivity index (χ3n) is 5.45. The number of ether oxygens (including phenoxy) is 1. The third kappa shape index (κ3) is 5.98. The molecule has 3 aromatic rings. The zero-order chi connectivity index (χ0) is 22.4. The van der Waals surface area contributed by atoms with Gasteiger partial charge in [0, 0.05) is 36.1 Å². The summed E-state index contributed by atoms with van der Waals surface area (Å²) in [6, 6.07) is 16.9. The Morgan fingerprint density at radius 2 is 1.77 bits per heavy atom. The zero-order valence-corrected chi connectivity index (χ0v) is 18.5. The van der Waals surface area contributed by atoms with E-state index in [0.29, 0.717) is 12.8 Å². The van der Waals surface area contributed by atoms with E-state index >= 15 is 0 Å². The van der Waals surface area contributed by atoms with E-state index in [0.717, 1.165) is 29.5 Å². The number of alkyl halides is 1. The molecule has 2 aromatic carbocycles. The largest absolute Gasteiger partial charge is 0.400 e. The lowest BCUT2D eigenvalue weighted by Crippen LogP contribution is -2.32. The molecule has 3 nitrogen and oxygen atoms in total. The number of hydrogen-bond acceptors (Lipinski definition) is 4. The lowest BCUT2D eigenvalue weighted by molar-refractivity contribution is -0.104. The smallest absolute Gasteiger partial charge is 0.123 e. The highest BCUT2D eigenvalue weighted by Gasteiger charge is 2.29. The Labute approximate surface area is 186 Å². The molecule has 3 atom stereocenters. The maximum absolute atomic E-state index is 13.2. The molecule has 1 aliphatic rings.